The lowest BCUT2D eigenvalue weighted by Gasteiger charge is -2.57. The van der Waals surface area contributed by atoms with Crippen LogP contribution < -0.4 is 10.6 Å². The van der Waals surface area contributed by atoms with E-state index in [1.54, 1.807) is 6.07 Å². The number of halogens is 2. The van der Waals surface area contributed by atoms with Crippen molar-refractivity contribution in [3.8, 4) is 0 Å². The average molecular weight is 433 g/mol. The normalized spacial score (nSPS) is 30.9. The summed E-state index contributed by atoms with van der Waals surface area (Å²) in [5.74, 6) is -0.0167. The van der Waals surface area contributed by atoms with Crippen molar-refractivity contribution in [2.24, 2.45) is 16.3 Å². The van der Waals surface area contributed by atoms with E-state index in [1.165, 1.54) is 37.8 Å². The van der Waals surface area contributed by atoms with Crippen LogP contribution in [0.1, 0.15) is 50.5 Å². The lowest BCUT2D eigenvalue weighted by atomic mass is 9.54. The fraction of sp³-hybridized carbons (Fsp3) is 0.708. The zero-order chi connectivity index (χ0) is 21.4. The summed E-state index contributed by atoms with van der Waals surface area (Å²) in [6, 6.07) is 5.05. The van der Waals surface area contributed by atoms with Gasteiger partial charge in [-0.15, -0.1) is 0 Å². The number of guanidine groups is 1. The van der Waals surface area contributed by atoms with E-state index in [0.717, 1.165) is 50.5 Å². The highest BCUT2D eigenvalue weighted by molar-refractivity contribution is 5.80. The van der Waals surface area contributed by atoms with Gasteiger partial charge in [-0.3, -0.25) is 9.89 Å². The number of hydrogen-bond acceptors (Lipinski definition) is 3. The molecule has 5 nitrogen and oxygen atoms in total. The first-order chi connectivity index (χ1) is 15.1. The standard InChI is InChI=1S/C24H34F2N4O/c1-27-23(29-21-18-8-13-31-22(18)24(21)9-2-3-10-24)28-17-6-11-30(12-7-17)15-16-4-5-19(25)20(26)14-16/h4-5,14,17-18,21-22H,2-3,6-13,15H2,1H3,(H2,27,28,29). The third-order valence-corrected chi connectivity index (χ3v) is 8.12. The minimum atomic E-state index is -0.785. The Hall–Kier alpha value is -1.73. The van der Waals surface area contributed by atoms with Gasteiger partial charge in [0.2, 0.25) is 0 Å². The molecule has 4 fully saturated rings. The molecule has 2 heterocycles. The summed E-state index contributed by atoms with van der Waals surface area (Å²) in [4.78, 5) is 6.85. The minimum absolute atomic E-state index is 0.312. The topological polar surface area (TPSA) is 48.9 Å². The molecule has 0 bridgehead atoms. The molecule has 5 rings (SSSR count). The first kappa shape index (κ1) is 21.1. The Balaban J connectivity index is 1.13. The van der Waals surface area contributed by atoms with Gasteiger partial charge in [0.15, 0.2) is 17.6 Å². The molecule has 2 saturated carbocycles. The van der Waals surface area contributed by atoms with Crippen LogP contribution in [0.15, 0.2) is 23.2 Å². The zero-order valence-electron chi connectivity index (χ0n) is 18.4. The molecular weight excluding hydrogens is 398 g/mol. The van der Waals surface area contributed by atoms with E-state index in [0.29, 0.717) is 36.1 Å². The summed E-state index contributed by atoms with van der Waals surface area (Å²) < 4.78 is 32.7. The largest absolute Gasteiger partial charge is 0.377 e. The van der Waals surface area contributed by atoms with Crippen molar-refractivity contribution in [2.45, 2.75) is 69.7 Å². The molecular formula is C24H34F2N4O. The molecule has 3 unspecified atom stereocenters. The predicted octanol–water partition coefficient (Wildman–Crippen LogP) is 3.44. The number of likely N-dealkylation sites (tertiary alicyclic amines) is 1. The maximum Gasteiger partial charge on any atom is 0.191 e. The van der Waals surface area contributed by atoms with Crippen molar-refractivity contribution in [2.75, 3.05) is 26.7 Å². The molecule has 3 atom stereocenters. The summed E-state index contributed by atoms with van der Waals surface area (Å²) in [5, 5.41) is 7.44. The van der Waals surface area contributed by atoms with Crippen LogP contribution in [-0.4, -0.2) is 55.8 Å². The number of ether oxygens (including phenoxy) is 1. The number of aliphatic imine (C=N–C) groups is 1. The number of benzene rings is 1. The summed E-state index contributed by atoms with van der Waals surface area (Å²) in [5.41, 5.74) is 1.13. The molecule has 1 aromatic carbocycles. The summed E-state index contributed by atoms with van der Waals surface area (Å²) in [6.45, 7) is 3.42. The van der Waals surface area contributed by atoms with Crippen LogP contribution in [0.25, 0.3) is 0 Å². The fourth-order valence-corrected chi connectivity index (χ4v) is 6.55. The first-order valence-electron chi connectivity index (χ1n) is 11.9. The molecule has 0 radical (unpaired) electrons. The predicted molar refractivity (Wildman–Crippen MR) is 117 cm³/mol. The Morgan fingerprint density at radius 2 is 1.90 bits per heavy atom. The number of hydrogen-bond donors (Lipinski definition) is 2. The van der Waals surface area contributed by atoms with Crippen LogP contribution >= 0.6 is 0 Å². The first-order valence-corrected chi connectivity index (χ1v) is 11.9. The van der Waals surface area contributed by atoms with Gasteiger partial charge in [-0.2, -0.15) is 0 Å². The third-order valence-electron chi connectivity index (χ3n) is 8.12. The second-order valence-corrected chi connectivity index (χ2v) is 9.82. The summed E-state index contributed by atoms with van der Waals surface area (Å²) in [7, 11) is 1.86. The van der Waals surface area contributed by atoms with Crippen LogP contribution in [0.5, 0.6) is 0 Å². The highest BCUT2D eigenvalue weighted by Gasteiger charge is 2.65. The fourth-order valence-electron chi connectivity index (χ4n) is 6.55. The van der Waals surface area contributed by atoms with E-state index in [4.69, 9.17) is 4.74 Å². The quantitative estimate of drug-likeness (QED) is 0.565. The summed E-state index contributed by atoms with van der Waals surface area (Å²) >= 11 is 0. The van der Waals surface area contributed by atoms with Crippen LogP contribution in [0, 0.1) is 23.0 Å². The van der Waals surface area contributed by atoms with Crippen LogP contribution in [0.4, 0.5) is 8.78 Å². The van der Waals surface area contributed by atoms with Crippen molar-refractivity contribution >= 4 is 5.96 Å². The van der Waals surface area contributed by atoms with Crippen molar-refractivity contribution in [1.29, 1.82) is 0 Å². The van der Waals surface area contributed by atoms with Gasteiger partial charge in [-0.05, 0) is 49.8 Å². The Labute approximate surface area is 183 Å². The van der Waals surface area contributed by atoms with Crippen LogP contribution in [0.3, 0.4) is 0 Å². The van der Waals surface area contributed by atoms with Gasteiger partial charge in [-0.25, -0.2) is 8.78 Å². The van der Waals surface area contributed by atoms with E-state index in [2.05, 4.69) is 20.5 Å². The second kappa shape index (κ2) is 8.66. The number of nitrogens with zero attached hydrogens (tertiary/aromatic N) is 2. The Morgan fingerprint density at radius 1 is 1.13 bits per heavy atom. The molecule has 2 aliphatic heterocycles. The van der Waals surface area contributed by atoms with Crippen LogP contribution in [-0.2, 0) is 11.3 Å². The maximum absolute atomic E-state index is 13.5. The smallest absolute Gasteiger partial charge is 0.191 e. The SMILES string of the molecule is CN=C(NC1CCN(Cc2ccc(F)c(F)c2)CC1)NC1C2CCOC2C12CCCC2. The van der Waals surface area contributed by atoms with Crippen LogP contribution in [0.2, 0.25) is 0 Å². The van der Waals surface area contributed by atoms with Crippen molar-refractivity contribution < 1.29 is 13.5 Å². The lowest BCUT2D eigenvalue weighted by molar-refractivity contribution is -0.125. The van der Waals surface area contributed by atoms with Gasteiger partial charge in [0, 0.05) is 56.7 Å². The molecule has 1 spiro atoms. The zero-order valence-corrected chi connectivity index (χ0v) is 18.4. The van der Waals surface area contributed by atoms with Gasteiger partial charge in [0.25, 0.3) is 0 Å². The molecule has 31 heavy (non-hydrogen) atoms. The van der Waals surface area contributed by atoms with E-state index in [9.17, 15) is 8.78 Å². The Bertz CT molecular complexity index is 818. The number of rotatable bonds is 4. The Kier molecular flexibility index (Phi) is 5.90. The van der Waals surface area contributed by atoms with Crippen molar-refractivity contribution in [3.63, 3.8) is 0 Å². The third kappa shape index (κ3) is 3.95. The van der Waals surface area contributed by atoms with Crippen molar-refractivity contribution in [3.05, 3.63) is 35.4 Å². The molecule has 1 aromatic rings. The Morgan fingerprint density at radius 3 is 2.61 bits per heavy atom. The van der Waals surface area contributed by atoms with E-state index in [1.807, 2.05) is 7.05 Å². The number of nitrogens with one attached hydrogen (secondary N) is 2. The molecule has 0 amide bonds. The van der Waals surface area contributed by atoms with Gasteiger partial charge in [0.1, 0.15) is 0 Å². The van der Waals surface area contributed by atoms with E-state index >= 15 is 0 Å². The monoisotopic (exact) mass is 432 g/mol. The van der Waals surface area contributed by atoms with E-state index < -0.39 is 11.6 Å². The minimum Gasteiger partial charge on any atom is -0.377 e. The highest BCUT2D eigenvalue weighted by atomic mass is 19.2. The maximum atomic E-state index is 13.5. The average Bonchev–Trinajstić information content (AvgIpc) is 3.44. The summed E-state index contributed by atoms with van der Waals surface area (Å²) in [6.07, 6.45) is 8.79. The molecule has 7 heteroatoms. The number of fused-ring (bicyclic) bond motifs is 2. The molecule has 0 aromatic heterocycles. The highest BCUT2D eigenvalue weighted by Crippen LogP contribution is 2.60. The van der Waals surface area contributed by atoms with Gasteiger partial charge >= 0.3 is 0 Å². The molecule has 2 aliphatic carbocycles. The van der Waals surface area contributed by atoms with E-state index in [-0.39, 0.29) is 0 Å². The number of piperidine rings is 1. The lowest BCUT2D eigenvalue weighted by Crippen LogP contribution is -2.69. The molecule has 2 N–H and O–H groups in total. The van der Waals surface area contributed by atoms with Crippen molar-refractivity contribution in [1.82, 2.24) is 15.5 Å². The van der Waals surface area contributed by atoms with Gasteiger partial charge in [-0.1, -0.05) is 18.9 Å². The molecule has 170 valence electrons. The second-order valence-electron chi connectivity index (χ2n) is 9.82. The molecule has 2 saturated heterocycles. The van der Waals surface area contributed by atoms with Gasteiger partial charge < -0.3 is 15.4 Å². The van der Waals surface area contributed by atoms with Gasteiger partial charge in [0.05, 0.1) is 6.10 Å². The molecule has 4 aliphatic rings.